The molecule has 0 unspecified atom stereocenters. The van der Waals surface area contributed by atoms with E-state index in [1.54, 1.807) is 6.07 Å². The second-order valence-corrected chi connectivity index (χ2v) is 7.17. The summed E-state index contributed by atoms with van der Waals surface area (Å²) in [6.07, 6.45) is 7.30. The Morgan fingerprint density at radius 3 is 2.73 bits per heavy atom. The number of pyridine rings is 1. The Morgan fingerprint density at radius 1 is 1.38 bits per heavy atom. The predicted octanol–water partition coefficient (Wildman–Crippen LogP) is 4.38. The topological polar surface area (TPSA) is 98.9 Å². The van der Waals surface area contributed by atoms with Gasteiger partial charge in [-0.1, -0.05) is 20.3 Å². The number of rotatable bonds is 3. The Balaban J connectivity index is 0.00000196. The SMILES string of the molecule is C.N#Cc1cc(-c2cn(C3CCCC3)c3c(C(=O)O)c[nH]c(=O)c23)cs1. The van der Waals surface area contributed by atoms with Gasteiger partial charge in [-0.2, -0.15) is 5.26 Å². The van der Waals surface area contributed by atoms with Crippen molar-refractivity contribution >= 4 is 28.2 Å². The minimum Gasteiger partial charge on any atom is -0.478 e. The van der Waals surface area contributed by atoms with Gasteiger partial charge in [0.1, 0.15) is 16.5 Å². The molecule has 3 aromatic heterocycles. The summed E-state index contributed by atoms with van der Waals surface area (Å²) in [4.78, 5) is 27.3. The van der Waals surface area contributed by atoms with Gasteiger partial charge in [0, 0.05) is 29.4 Å². The molecule has 0 bridgehead atoms. The molecule has 0 radical (unpaired) electrons. The molecular formula is C19H19N3O3S. The summed E-state index contributed by atoms with van der Waals surface area (Å²) >= 11 is 1.31. The van der Waals surface area contributed by atoms with Crippen molar-refractivity contribution in [1.82, 2.24) is 9.55 Å². The third-order valence-corrected chi connectivity index (χ3v) is 5.67. The van der Waals surface area contributed by atoms with Crippen LogP contribution in [0.4, 0.5) is 0 Å². The van der Waals surface area contributed by atoms with Crippen molar-refractivity contribution in [2.24, 2.45) is 0 Å². The lowest BCUT2D eigenvalue weighted by atomic mass is 10.1. The number of nitrogens with zero attached hydrogens (tertiary/aromatic N) is 2. The standard InChI is InChI=1S/C18H15N3O3S.CH4/c19-6-12-5-10(9-25-12)14-8-21(11-3-1-2-4-11)16-13(18(23)24)7-20-17(22)15(14)16;/h5,7-9,11H,1-4H2,(H,20,22)(H,23,24);1H4. The first kappa shape index (κ1) is 18.0. The second-order valence-electron chi connectivity index (χ2n) is 6.26. The number of aromatic amines is 1. The van der Waals surface area contributed by atoms with Crippen LogP contribution in [0.3, 0.4) is 0 Å². The van der Waals surface area contributed by atoms with E-state index in [-0.39, 0.29) is 24.6 Å². The molecule has 2 N–H and O–H groups in total. The molecule has 0 spiro atoms. The van der Waals surface area contributed by atoms with E-state index in [1.165, 1.54) is 17.5 Å². The van der Waals surface area contributed by atoms with Gasteiger partial charge in [-0.25, -0.2) is 4.79 Å². The number of hydrogen-bond acceptors (Lipinski definition) is 4. The molecule has 7 heteroatoms. The maximum atomic E-state index is 12.5. The lowest BCUT2D eigenvalue weighted by molar-refractivity contribution is 0.0698. The monoisotopic (exact) mass is 369 g/mol. The van der Waals surface area contributed by atoms with Crippen LogP contribution in [-0.2, 0) is 0 Å². The number of carbonyl (C=O) groups is 1. The highest BCUT2D eigenvalue weighted by atomic mass is 32.1. The first-order valence-corrected chi connectivity index (χ1v) is 8.96. The number of nitrogens with one attached hydrogen (secondary N) is 1. The molecule has 26 heavy (non-hydrogen) atoms. The second kappa shape index (κ2) is 6.81. The summed E-state index contributed by atoms with van der Waals surface area (Å²) in [6.45, 7) is 0. The van der Waals surface area contributed by atoms with Crippen LogP contribution < -0.4 is 5.56 Å². The number of carboxylic acid groups (broad SMARTS) is 1. The fourth-order valence-corrected chi connectivity index (χ4v) is 4.39. The molecule has 0 aromatic carbocycles. The minimum atomic E-state index is -1.06. The normalized spacial score (nSPS) is 14.3. The summed E-state index contributed by atoms with van der Waals surface area (Å²) in [7, 11) is 0. The van der Waals surface area contributed by atoms with Crippen molar-refractivity contribution in [2.75, 3.05) is 0 Å². The van der Waals surface area contributed by atoms with Crippen LogP contribution >= 0.6 is 11.3 Å². The first-order chi connectivity index (χ1) is 12.1. The fourth-order valence-electron chi connectivity index (χ4n) is 3.70. The summed E-state index contributed by atoms with van der Waals surface area (Å²) in [5, 5.41) is 20.9. The van der Waals surface area contributed by atoms with E-state index >= 15 is 0 Å². The largest absolute Gasteiger partial charge is 0.478 e. The summed E-state index contributed by atoms with van der Waals surface area (Å²) in [5.74, 6) is -1.06. The van der Waals surface area contributed by atoms with Crippen LogP contribution in [0.5, 0.6) is 0 Å². The average Bonchev–Trinajstić information content (AvgIpc) is 3.33. The molecule has 0 amide bonds. The lowest BCUT2D eigenvalue weighted by Gasteiger charge is -2.14. The molecule has 0 atom stereocenters. The van der Waals surface area contributed by atoms with Crippen molar-refractivity contribution < 1.29 is 9.90 Å². The number of fused-ring (bicyclic) bond motifs is 1. The number of H-pyrrole nitrogens is 1. The molecule has 0 saturated heterocycles. The average molecular weight is 369 g/mol. The maximum absolute atomic E-state index is 12.5. The van der Waals surface area contributed by atoms with Crippen molar-refractivity contribution in [3.63, 3.8) is 0 Å². The highest BCUT2D eigenvalue weighted by molar-refractivity contribution is 7.10. The number of aromatic carboxylic acids is 1. The number of carboxylic acids is 1. The number of thiophene rings is 1. The van der Waals surface area contributed by atoms with Gasteiger partial charge >= 0.3 is 5.97 Å². The van der Waals surface area contributed by atoms with Crippen LogP contribution in [0, 0.1) is 11.3 Å². The zero-order valence-electron chi connectivity index (χ0n) is 13.3. The third kappa shape index (κ3) is 2.72. The maximum Gasteiger partial charge on any atom is 0.339 e. The van der Waals surface area contributed by atoms with E-state index in [1.807, 2.05) is 16.1 Å². The third-order valence-electron chi connectivity index (χ3n) is 4.83. The first-order valence-electron chi connectivity index (χ1n) is 8.08. The van der Waals surface area contributed by atoms with Gasteiger partial charge in [0.25, 0.3) is 5.56 Å². The Kier molecular flexibility index (Phi) is 4.70. The van der Waals surface area contributed by atoms with Gasteiger partial charge in [-0.15, -0.1) is 11.3 Å². The Labute approximate surface area is 154 Å². The summed E-state index contributed by atoms with van der Waals surface area (Å²) < 4.78 is 1.96. The zero-order valence-corrected chi connectivity index (χ0v) is 14.1. The van der Waals surface area contributed by atoms with Gasteiger partial charge in [-0.3, -0.25) is 4.79 Å². The fraction of sp³-hybridized carbons (Fsp3) is 0.316. The summed E-state index contributed by atoms with van der Waals surface area (Å²) in [6, 6.07) is 4.04. The van der Waals surface area contributed by atoms with Crippen LogP contribution in [-0.4, -0.2) is 20.6 Å². The molecule has 1 aliphatic carbocycles. The molecule has 1 fully saturated rings. The van der Waals surface area contributed by atoms with Crippen molar-refractivity contribution in [3.8, 4) is 17.2 Å². The van der Waals surface area contributed by atoms with E-state index in [0.29, 0.717) is 21.3 Å². The Morgan fingerprint density at radius 2 is 2.12 bits per heavy atom. The Bertz CT molecular complexity index is 1080. The molecule has 134 valence electrons. The molecule has 3 aromatic rings. The van der Waals surface area contributed by atoms with Crippen LogP contribution in [0.15, 0.2) is 28.6 Å². The van der Waals surface area contributed by atoms with E-state index in [9.17, 15) is 14.7 Å². The Hall–Kier alpha value is -2.85. The molecule has 4 rings (SSSR count). The van der Waals surface area contributed by atoms with E-state index in [0.717, 1.165) is 31.2 Å². The highest BCUT2D eigenvalue weighted by Gasteiger charge is 2.26. The zero-order chi connectivity index (χ0) is 17.6. The van der Waals surface area contributed by atoms with Crippen molar-refractivity contribution in [3.05, 3.63) is 44.6 Å². The van der Waals surface area contributed by atoms with Gasteiger partial charge in [0.15, 0.2) is 0 Å². The van der Waals surface area contributed by atoms with Crippen LogP contribution in [0.1, 0.15) is 54.4 Å². The van der Waals surface area contributed by atoms with Crippen LogP contribution in [0.2, 0.25) is 0 Å². The summed E-state index contributed by atoms with van der Waals surface area (Å²) in [5.41, 5.74) is 1.73. The predicted molar refractivity (Wildman–Crippen MR) is 102 cm³/mol. The lowest BCUT2D eigenvalue weighted by Crippen LogP contribution is -2.13. The molecule has 3 heterocycles. The number of aromatic nitrogens is 2. The smallest absolute Gasteiger partial charge is 0.339 e. The molecule has 6 nitrogen and oxygen atoms in total. The van der Waals surface area contributed by atoms with Gasteiger partial charge in [-0.05, 0) is 24.5 Å². The quantitative estimate of drug-likeness (QED) is 0.715. The molecule has 1 aliphatic rings. The van der Waals surface area contributed by atoms with Crippen molar-refractivity contribution in [1.29, 1.82) is 5.26 Å². The molecule has 1 saturated carbocycles. The van der Waals surface area contributed by atoms with Gasteiger partial charge in [0.2, 0.25) is 0 Å². The van der Waals surface area contributed by atoms with Crippen molar-refractivity contribution in [2.45, 2.75) is 39.2 Å². The number of nitriles is 1. The number of hydrogen-bond donors (Lipinski definition) is 2. The van der Waals surface area contributed by atoms with Gasteiger partial charge < -0.3 is 14.7 Å². The van der Waals surface area contributed by atoms with Gasteiger partial charge in [0.05, 0.1) is 10.9 Å². The highest BCUT2D eigenvalue weighted by Crippen LogP contribution is 2.38. The van der Waals surface area contributed by atoms with E-state index in [4.69, 9.17) is 5.26 Å². The van der Waals surface area contributed by atoms with Crippen LogP contribution in [0.25, 0.3) is 22.0 Å². The van der Waals surface area contributed by atoms with E-state index in [2.05, 4.69) is 11.1 Å². The molecular weight excluding hydrogens is 350 g/mol. The molecule has 0 aliphatic heterocycles. The minimum absolute atomic E-state index is 0. The van der Waals surface area contributed by atoms with E-state index < -0.39 is 5.97 Å².